The van der Waals surface area contributed by atoms with E-state index in [1.165, 1.54) is 0 Å². The number of primary amides is 1. The third-order valence-electron chi connectivity index (χ3n) is 6.19. The largest absolute Gasteiger partial charge is 0.435 e. The Bertz CT molecular complexity index is 1600. The molecule has 5 rings (SSSR count). The SMILES string of the molecule is Cc1ccc(-c2cc(C(F)(F)F)nc3sc(C(N)=O)c(NC(=O)Cn4nc(C(F)(F)F)cc4C4CC4)c23)cc1. The predicted octanol–water partition coefficient (Wildman–Crippen LogP) is 6.12. The maximum atomic E-state index is 13.7. The van der Waals surface area contributed by atoms with Gasteiger partial charge in [0.1, 0.15) is 21.9 Å². The maximum Gasteiger partial charge on any atom is 0.435 e. The second-order valence-electron chi connectivity index (χ2n) is 9.20. The van der Waals surface area contributed by atoms with Crippen LogP contribution in [0.25, 0.3) is 21.3 Å². The zero-order valence-electron chi connectivity index (χ0n) is 20.1. The Balaban J connectivity index is 1.60. The van der Waals surface area contributed by atoms with Gasteiger partial charge in [0.05, 0.1) is 5.69 Å². The van der Waals surface area contributed by atoms with Crippen molar-refractivity contribution in [3.05, 3.63) is 63.9 Å². The van der Waals surface area contributed by atoms with E-state index in [9.17, 15) is 35.9 Å². The highest BCUT2D eigenvalue weighted by atomic mass is 32.1. The Kier molecular flexibility index (Phi) is 6.40. The number of pyridine rings is 1. The van der Waals surface area contributed by atoms with Crippen LogP contribution in [0.4, 0.5) is 32.0 Å². The number of nitrogens with two attached hydrogens (primary N) is 1. The van der Waals surface area contributed by atoms with Gasteiger partial charge in [-0.1, -0.05) is 29.8 Å². The van der Waals surface area contributed by atoms with Gasteiger partial charge in [-0.3, -0.25) is 14.3 Å². The fourth-order valence-electron chi connectivity index (χ4n) is 4.22. The van der Waals surface area contributed by atoms with Crippen LogP contribution >= 0.6 is 11.3 Å². The molecule has 7 nitrogen and oxygen atoms in total. The summed E-state index contributed by atoms with van der Waals surface area (Å²) in [5, 5.41) is 6.09. The first-order valence-electron chi connectivity index (χ1n) is 11.6. The summed E-state index contributed by atoms with van der Waals surface area (Å²) in [6.45, 7) is 1.18. The minimum atomic E-state index is -4.80. The van der Waals surface area contributed by atoms with Gasteiger partial charge in [0.2, 0.25) is 5.91 Å². The van der Waals surface area contributed by atoms with Crippen LogP contribution in [0.2, 0.25) is 0 Å². The summed E-state index contributed by atoms with van der Waals surface area (Å²) < 4.78 is 81.8. The molecule has 0 aliphatic heterocycles. The van der Waals surface area contributed by atoms with Gasteiger partial charge in [-0.2, -0.15) is 31.4 Å². The number of aromatic nitrogens is 3. The van der Waals surface area contributed by atoms with E-state index in [1.807, 2.05) is 0 Å². The van der Waals surface area contributed by atoms with E-state index in [0.717, 1.165) is 22.4 Å². The third-order valence-corrected chi connectivity index (χ3v) is 7.29. The van der Waals surface area contributed by atoms with E-state index in [0.29, 0.717) is 29.7 Å². The number of nitrogens with zero attached hydrogens (tertiary/aromatic N) is 3. The third kappa shape index (κ3) is 5.33. The highest BCUT2D eigenvalue weighted by molar-refractivity contribution is 7.21. The number of thiophene rings is 1. The number of benzene rings is 1. The summed E-state index contributed by atoms with van der Waals surface area (Å²) in [6.07, 6.45) is -8.21. The lowest BCUT2D eigenvalue weighted by atomic mass is 10.00. The molecule has 0 unspecified atom stereocenters. The van der Waals surface area contributed by atoms with Crippen molar-refractivity contribution in [2.75, 3.05) is 5.32 Å². The van der Waals surface area contributed by atoms with E-state index in [2.05, 4.69) is 15.4 Å². The zero-order valence-corrected chi connectivity index (χ0v) is 20.9. The van der Waals surface area contributed by atoms with E-state index < -0.39 is 42.1 Å². The molecule has 0 radical (unpaired) electrons. The molecule has 2 amide bonds. The Labute approximate surface area is 220 Å². The molecule has 0 atom stereocenters. The summed E-state index contributed by atoms with van der Waals surface area (Å²) in [4.78, 5) is 28.6. The van der Waals surface area contributed by atoms with E-state index >= 15 is 0 Å². The van der Waals surface area contributed by atoms with Crippen molar-refractivity contribution in [2.45, 2.75) is 44.6 Å². The van der Waals surface area contributed by atoms with Gasteiger partial charge in [-0.15, -0.1) is 11.3 Å². The van der Waals surface area contributed by atoms with Crippen LogP contribution in [0.5, 0.6) is 0 Å². The molecule has 204 valence electrons. The van der Waals surface area contributed by atoms with Crippen LogP contribution in [0.1, 0.15) is 51.1 Å². The summed E-state index contributed by atoms with van der Waals surface area (Å²) in [7, 11) is 0. The number of carbonyl (C=O) groups excluding carboxylic acids is 2. The van der Waals surface area contributed by atoms with E-state index in [4.69, 9.17) is 5.73 Å². The molecule has 1 aliphatic rings. The number of hydrogen-bond acceptors (Lipinski definition) is 5. The molecule has 0 spiro atoms. The minimum absolute atomic E-state index is 0.0449. The Hall–Kier alpha value is -3.94. The lowest BCUT2D eigenvalue weighted by Gasteiger charge is -2.13. The summed E-state index contributed by atoms with van der Waals surface area (Å²) in [5.74, 6) is -2.03. The fraction of sp³-hybridized carbons (Fsp3) is 0.280. The quantitative estimate of drug-likeness (QED) is 0.274. The van der Waals surface area contributed by atoms with Crippen LogP contribution in [0.3, 0.4) is 0 Å². The molecule has 3 N–H and O–H groups in total. The summed E-state index contributed by atoms with van der Waals surface area (Å²) in [5.41, 5.74) is 4.49. The number of carbonyl (C=O) groups is 2. The standard InChI is InChI=1S/C25H19F6N5O2S/c1-11-2-4-12(5-3-11)14-8-16(24(26,27)28)33-23-19(14)20(21(39-23)22(32)38)34-18(37)10-36-15(13-6-7-13)9-17(35-36)25(29,30)31/h2-5,8-9,13H,6-7,10H2,1H3,(H2,32,38)(H,34,37). The topological polar surface area (TPSA) is 103 Å². The number of amides is 2. The molecular formula is C25H19F6N5O2S. The molecule has 1 saturated carbocycles. The van der Waals surface area contributed by atoms with E-state index in [-0.39, 0.29) is 38.0 Å². The number of anilines is 1. The minimum Gasteiger partial charge on any atom is -0.365 e. The van der Waals surface area contributed by atoms with Crippen LogP contribution < -0.4 is 11.1 Å². The van der Waals surface area contributed by atoms with Crippen molar-refractivity contribution in [2.24, 2.45) is 5.73 Å². The van der Waals surface area contributed by atoms with Gasteiger partial charge in [0.25, 0.3) is 5.91 Å². The van der Waals surface area contributed by atoms with Gasteiger partial charge in [0, 0.05) is 17.0 Å². The summed E-state index contributed by atoms with van der Waals surface area (Å²) >= 11 is 0.577. The fourth-order valence-corrected chi connectivity index (χ4v) is 5.22. The first-order valence-corrected chi connectivity index (χ1v) is 12.4. The first kappa shape index (κ1) is 26.7. The Morgan fingerprint density at radius 2 is 1.69 bits per heavy atom. The van der Waals surface area contributed by atoms with Gasteiger partial charge >= 0.3 is 12.4 Å². The number of nitrogens with one attached hydrogen (secondary N) is 1. The normalized spacial score (nSPS) is 14.1. The van der Waals surface area contributed by atoms with Crippen molar-refractivity contribution >= 4 is 39.1 Å². The molecular weight excluding hydrogens is 548 g/mol. The molecule has 14 heteroatoms. The first-order chi connectivity index (χ1) is 18.2. The monoisotopic (exact) mass is 567 g/mol. The van der Waals surface area contributed by atoms with Gasteiger partial charge in [-0.05, 0) is 43.0 Å². The van der Waals surface area contributed by atoms with Crippen molar-refractivity contribution < 1.29 is 35.9 Å². The molecule has 39 heavy (non-hydrogen) atoms. The number of hydrogen-bond donors (Lipinski definition) is 2. The Morgan fingerprint density at radius 3 is 2.26 bits per heavy atom. The number of alkyl halides is 6. The lowest BCUT2D eigenvalue weighted by Crippen LogP contribution is -2.23. The second kappa shape index (κ2) is 9.36. The van der Waals surface area contributed by atoms with Crippen LogP contribution in [-0.2, 0) is 23.7 Å². The highest BCUT2D eigenvalue weighted by Gasteiger charge is 2.38. The van der Waals surface area contributed by atoms with E-state index in [1.54, 1.807) is 31.2 Å². The lowest BCUT2D eigenvalue weighted by molar-refractivity contribution is -0.142. The average molecular weight is 568 g/mol. The molecule has 1 fully saturated rings. The number of fused-ring (bicyclic) bond motifs is 1. The number of rotatable bonds is 6. The van der Waals surface area contributed by atoms with Gasteiger partial charge in [0.15, 0.2) is 5.69 Å². The van der Waals surface area contributed by atoms with Crippen molar-refractivity contribution in [3.8, 4) is 11.1 Å². The molecule has 3 heterocycles. The number of aryl methyl sites for hydroxylation is 1. The average Bonchev–Trinajstić information content (AvgIpc) is 3.48. The Morgan fingerprint density at radius 1 is 1.05 bits per heavy atom. The molecule has 1 aliphatic carbocycles. The van der Waals surface area contributed by atoms with Crippen LogP contribution in [0.15, 0.2) is 36.4 Å². The summed E-state index contributed by atoms with van der Waals surface area (Å²) in [6, 6.07) is 8.25. The zero-order chi connectivity index (χ0) is 28.3. The van der Waals surface area contributed by atoms with Crippen molar-refractivity contribution in [1.29, 1.82) is 0 Å². The molecule has 0 saturated heterocycles. The molecule has 1 aromatic carbocycles. The molecule has 3 aromatic heterocycles. The maximum absolute atomic E-state index is 13.7. The number of halogens is 6. The van der Waals surface area contributed by atoms with Gasteiger partial charge in [-0.25, -0.2) is 4.98 Å². The van der Waals surface area contributed by atoms with Crippen molar-refractivity contribution in [1.82, 2.24) is 14.8 Å². The predicted molar refractivity (Wildman–Crippen MR) is 131 cm³/mol. The van der Waals surface area contributed by atoms with Crippen LogP contribution in [-0.4, -0.2) is 26.6 Å². The second-order valence-corrected chi connectivity index (χ2v) is 10.2. The molecule has 4 aromatic rings. The molecule has 0 bridgehead atoms. The van der Waals surface area contributed by atoms with Crippen molar-refractivity contribution in [3.63, 3.8) is 0 Å². The smallest absolute Gasteiger partial charge is 0.365 e. The van der Waals surface area contributed by atoms with Crippen LogP contribution in [0, 0.1) is 6.92 Å². The highest BCUT2D eigenvalue weighted by Crippen LogP contribution is 2.44. The van der Waals surface area contributed by atoms with Gasteiger partial charge < -0.3 is 11.1 Å².